The monoisotopic (exact) mass is 589 g/mol. The number of nitrogens with two attached hydrogens (primary N) is 1. The molecule has 210 valence electrons. The molecule has 3 N–H and O–H groups in total. The van der Waals surface area contributed by atoms with Gasteiger partial charge < -0.3 is 24.5 Å². The summed E-state index contributed by atoms with van der Waals surface area (Å²) in [5.74, 6) is 0.533. The minimum atomic E-state index is -2.11. The Morgan fingerprint density at radius 2 is 2.14 bits per heavy atom. The molecule has 2 heterocycles. The van der Waals surface area contributed by atoms with E-state index in [1.165, 1.54) is 4.57 Å². The molecular formula is C25H44N3O5PS2Si. The summed E-state index contributed by atoms with van der Waals surface area (Å²) in [5, 5.41) is 10.9. The molecule has 2 aliphatic rings. The van der Waals surface area contributed by atoms with Gasteiger partial charge in [-0.2, -0.15) is 4.98 Å². The van der Waals surface area contributed by atoms with E-state index in [0.717, 1.165) is 18.4 Å². The number of hydrogen-bond acceptors (Lipinski definition) is 9. The Morgan fingerprint density at radius 1 is 1.46 bits per heavy atom. The fourth-order valence-corrected chi connectivity index (χ4v) is 11.3. The van der Waals surface area contributed by atoms with Crippen molar-refractivity contribution in [2.24, 2.45) is 5.92 Å². The average molecular weight is 590 g/mol. The van der Waals surface area contributed by atoms with Gasteiger partial charge in [0.25, 0.3) is 0 Å². The van der Waals surface area contributed by atoms with Gasteiger partial charge in [0.15, 0.2) is 8.32 Å². The molecule has 2 fully saturated rings. The maximum atomic E-state index is 12.5. The van der Waals surface area contributed by atoms with Crippen LogP contribution in [0.3, 0.4) is 0 Å². The molecule has 1 aliphatic heterocycles. The minimum Gasteiger partial charge on any atom is -0.411 e. The Hall–Kier alpha value is -0.523. The summed E-state index contributed by atoms with van der Waals surface area (Å²) in [6.45, 7) is 19.5. The zero-order valence-corrected chi connectivity index (χ0v) is 26.8. The van der Waals surface area contributed by atoms with E-state index in [2.05, 4.69) is 52.4 Å². The number of rotatable bonds is 9. The first-order valence-corrected chi connectivity index (χ1v) is 19.9. The van der Waals surface area contributed by atoms with Gasteiger partial charge in [-0.25, -0.2) is 4.79 Å². The van der Waals surface area contributed by atoms with Gasteiger partial charge in [-0.3, -0.25) is 4.57 Å². The SMILES string of the molecule is C=C(C)[C@@H]1CC[C@](C)(S[PH](=S)OC[C@H]2O[C@@H](n3ccc(N)nc3=O)CC2O[Si](C)(C)C(C)(C)C)[C@@H](O)C1. The highest BCUT2D eigenvalue weighted by Gasteiger charge is 2.46. The first-order valence-electron chi connectivity index (χ1n) is 12.9. The maximum Gasteiger partial charge on any atom is 0.351 e. The lowest BCUT2D eigenvalue weighted by Crippen LogP contribution is -2.46. The number of aliphatic hydroxyl groups excluding tert-OH is 1. The quantitative estimate of drug-likeness (QED) is 0.227. The molecule has 1 aromatic heterocycles. The van der Waals surface area contributed by atoms with Crippen LogP contribution in [0, 0.1) is 5.92 Å². The molecule has 0 spiro atoms. The summed E-state index contributed by atoms with van der Waals surface area (Å²) in [4.78, 5) is 16.3. The van der Waals surface area contributed by atoms with E-state index in [1.807, 2.05) is 6.92 Å². The van der Waals surface area contributed by atoms with Gasteiger partial charge >= 0.3 is 5.69 Å². The predicted molar refractivity (Wildman–Crippen MR) is 159 cm³/mol. The van der Waals surface area contributed by atoms with Crippen LogP contribution in [0.2, 0.25) is 18.1 Å². The molecule has 12 heteroatoms. The Morgan fingerprint density at radius 3 is 2.70 bits per heavy atom. The van der Waals surface area contributed by atoms with E-state index in [4.69, 9.17) is 31.2 Å². The molecule has 37 heavy (non-hydrogen) atoms. The van der Waals surface area contributed by atoms with Crippen molar-refractivity contribution in [3.63, 3.8) is 0 Å². The second kappa shape index (κ2) is 11.9. The van der Waals surface area contributed by atoms with Crippen molar-refractivity contribution in [2.75, 3.05) is 12.3 Å². The number of nitrogens with zero attached hydrogens (tertiary/aromatic N) is 2. The van der Waals surface area contributed by atoms with Crippen LogP contribution in [0.15, 0.2) is 29.2 Å². The second-order valence-electron chi connectivity index (χ2n) is 12.1. The van der Waals surface area contributed by atoms with Crippen molar-refractivity contribution in [3.05, 3.63) is 34.9 Å². The van der Waals surface area contributed by atoms with Gasteiger partial charge in [-0.15, -0.1) is 0 Å². The van der Waals surface area contributed by atoms with Crippen molar-refractivity contribution in [1.29, 1.82) is 0 Å². The molecule has 0 aromatic carbocycles. The lowest BCUT2D eigenvalue weighted by Gasteiger charge is -2.41. The van der Waals surface area contributed by atoms with E-state index in [-0.39, 0.29) is 34.4 Å². The number of hydrogen-bond donors (Lipinski definition) is 2. The van der Waals surface area contributed by atoms with Gasteiger partial charge in [-0.1, -0.05) is 56.1 Å². The standard InChI is InChI=1S/C25H44N3O5PS2Si/c1-16(2)17-9-11-25(6,20(29)13-17)36-34(35)31-15-19-18(33-37(7,8)24(3,4)5)14-22(32-19)28-12-10-21(26)27-23(28)30/h10,12,17-20,22,29,34H,1,9,11,13-15H2,2-8H3,(H2,26,27,30)/t17-,18?,19-,20+,22-,25+/m1/s1. The lowest BCUT2D eigenvalue weighted by molar-refractivity contribution is -0.0364. The smallest absolute Gasteiger partial charge is 0.351 e. The van der Waals surface area contributed by atoms with Crippen molar-refractivity contribution in [3.8, 4) is 0 Å². The van der Waals surface area contributed by atoms with Gasteiger partial charge in [0.05, 0.1) is 18.8 Å². The van der Waals surface area contributed by atoms with Crippen LogP contribution in [0.1, 0.15) is 66.5 Å². The highest BCUT2D eigenvalue weighted by atomic mass is 32.9. The summed E-state index contributed by atoms with van der Waals surface area (Å²) < 4.78 is 20.4. The lowest BCUT2D eigenvalue weighted by atomic mass is 9.77. The van der Waals surface area contributed by atoms with Crippen molar-refractivity contribution < 1.29 is 18.8 Å². The molecule has 0 bridgehead atoms. The maximum absolute atomic E-state index is 12.5. The van der Waals surface area contributed by atoms with E-state index in [0.29, 0.717) is 18.8 Å². The van der Waals surface area contributed by atoms with Crippen LogP contribution in [0.5, 0.6) is 0 Å². The first kappa shape index (κ1) is 31.0. The average Bonchev–Trinajstić information content (AvgIpc) is 3.15. The second-order valence-corrected chi connectivity index (χ2v) is 22.4. The summed E-state index contributed by atoms with van der Waals surface area (Å²) in [5.41, 5.74) is 6.35. The van der Waals surface area contributed by atoms with Gasteiger partial charge in [-0.05, 0) is 63.2 Å². The third-order valence-electron chi connectivity index (χ3n) is 8.18. The van der Waals surface area contributed by atoms with E-state index in [1.54, 1.807) is 23.6 Å². The molecule has 2 unspecified atom stereocenters. The Balaban J connectivity index is 1.70. The summed E-state index contributed by atoms with van der Waals surface area (Å²) in [6.07, 6.45) is 1.43. The Bertz CT molecular complexity index is 1070. The fourth-order valence-electron chi connectivity index (χ4n) is 4.55. The molecule has 1 aromatic rings. The van der Waals surface area contributed by atoms with Crippen molar-refractivity contribution >= 4 is 43.4 Å². The molecule has 1 aliphatic carbocycles. The highest BCUT2D eigenvalue weighted by molar-refractivity contribution is 8.63. The number of nitrogen functional groups attached to an aromatic ring is 1. The largest absolute Gasteiger partial charge is 0.411 e. The number of aromatic nitrogens is 2. The van der Waals surface area contributed by atoms with Crippen molar-refractivity contribution in [1.82, 2.24) is 9.55 Å². The molecular weight excluding hydrogens is 545 g/mol. The van der Waals surface area contributed by atoms with E-state index < -0.39 is 32.5 Å². The van der Waals surface area contributed by atoms with Gasteiger partial charge in [0.2, 0.25) is 0 Å². The van der Waals surface area contributed by atoms with Gasteiger partial charge in [0.1, 0.15) is 24.3 Å². The third kappa shape index (κ3) is 7.57. The molecule has 1 saturated heterocycles. The fraction of sp³-hybridized carbons (Fsp3) is 0.760. The summed E-state index contributed by atoms with van der Waals surface area (Å²) in [7, 11) is -2.11. The molecule has 7 atom stereocenters. The van der Waals surface area contributed by atoms with E-state index in [9.17, 15) is 9.90 Å². The van der Waals surface area contributed by atoms with E-state index >= 15 is 0 Å². The first-order chi connectivity index (χ1) is 17.0. The third-order valence-corrected chi connectivity index (χ3v) is 17.5. The molecule has 1 saturated carbocycles. The Labute approximate surface area is 232 Å². The predicted octanol–water partition coefficient (Wildman–Crippen LogP) is 5.26. The zero-order valence-electron chi connectivity index (χ0n) is 23.2. The molecule has 0 radical (unpaired) electrons. The summed E-state index contributed by atoms with van der Waals surface area (Å²) in [6, 6.07) is 1.59. The number of anilines is 1. The van der Waals surface area contributed by atoms with Crippen LogP contribution in [-0.2, 0) is 25.5 Å². The highest BCUT2D eigenvalue weighted by Crippen LogP contribution is 2.55. The number of aliphatic hydroxyl groups is 1. The zero-order chi connectivity index (χ0) is 27.8. The van der Waals surface area contributed by atoms with Crippen LogP contribution >= 0.6 is 17.5 Å². The van der Waals surface area contributed by atoms with Gasteiger partial charge in [0, 0.05) is 17.4 Å². The number of allylic oxidation sites excluding steroid dienone is 1. The van der Waals surface area contributed by atoms with Crippen LogP contribution < -0.4 is 11.4 Å². The summed E-state index contributed by atoms with van der Waals surface area (Å²) >= 11 is 7.37. The number of ether oxygens (including phenoxy) is 1. The van der Waals surface area contributed by atoms with Crippen molar-refractivity contribution in [2.45, 2.75) is 108 Å². The molecule has 8 nitrogen and oxygen atoms in total. The minimum absolute atomic E-state index is 0.0201. The molecule has 0 amide bonds. The van der Waals surface area contributed by atoms with Crippen LogP contribution in [-0.4, -0.2) is 52.6 Å². The normalized spacial score (nSPS) is 31.8. The topological polar surface area (TPSA) is 109 Å². The van der Waals surface area contributed by atoms with Crippen LogP contribution in [0.4, 0.5) is 5.82 Å². The van der Waals surface area contributed by atoms with Crippen LogP contribution in [0.25, 0.3) is 0 Å². The Kier molecular flexibility index (Phi) is 9.99. The molecule has 3 rings (SSSR count).